The standard InChI is InChI=1S/C13H13ClN2O5/c1-13(12(18)19)6-3-7-15(13)11(17)10-8(14)4-2-5-9(10)16(20)21/h2,4-5H,3,6-7H2,1H3,(H,18,19). The van der Waals surface area contributed by atoms with Crippen LogP contribution in [0.15, 0.2) is 18.2 Å². The van der Waals surface area contributed by atoms with Gasteiger partial charge < -0.3 is 10.0 Å². The van der Waals surface area contributed by atoms with Crippen molar-refractivity contribution in [3.63, 3.8) is 0 Å². The summed E-state index contributed by atoms with van der Waals surface area (Å²) in [5.41, 5.74) is -2.06. The highest BCUT2D eigenvalue weighted by molar-refractivity contribution is 6.34. The molecule has 1 N–H and O–H groups in total. The van der Waals surface area contributed by atoms with Gasteiger partial charge in [0.1, 0.15) is 11.1 Å². The maximum atomic E-state index is 12.6. The monoisotopic (exact) mass is 312 g/mol. The summed E-state index contributed by atoms with van der Waals surface area (Å²) in [4.78, 5) is 35.5. The summed E-state index contributed by atoms with van der Waals surface area (Å²) in [6, 6.07) is 3.92. The molecule has 1 aliphatic rings. The van der Waals surface area contributed by atoms with Gasteiger partial charge in [-0.3, -0.25) is 14.9 Å². The molecule has 1 aromatic rings. The fourth-order valence-corrected chi connectivity index (χ4v) is 2.77. The van der Waals surface area contributed by atoms with Crippen LogP contribution >= 0.6 is 11.6 Å². The van der Waals surface area contributed by atoms with Gasteiger partial charge >= 0.3 is 5.97 Å². The zero-order valence-electron chi connectivity index (χ0n) is 11.2. The van der Waals surface area contributed by atoms with Crippen LogP contribution in [0.25, 0.3) is 0 Å². The van der Waals surface area contributed by atoms with E-state index in [0.29, 0.717) is 12.8 Å². The van der Waals surface area contributed by atoms with Crippen molar-refractivity contribution in [2.75, 3.05) is 6.54 Å². The first kappa shape index (κ1) is 15.2. The first-order chi connectivity index (χ1) is 9.79. The first-order valence-corrected chi connectivity index (χ1v) is 6.65. The van der Waals surface area contributed by atoms with Crippen molar-refractivity contribution in [3.8, 4) is 0 Å². The summed E-state index contributed by atoms with van der Waals surface area (Å²) in [5.74, 6) is -1.86. The number of nitro benzene ring substituents is 1. The molecule has 1 heterocycles. The predicted molar refractivity (Wildman–Crippen MR) is 74.4 cm³/mol. The van der Waals surface area contributed by atoms with E-state index in [0.717, 1.165) is 4.90 Å². The number of nitrogens with zero attached hydrogens (tertiary/aromatic N) is 2. The highest BCUT2D eigenvalue weighted by Crippen LogP contribution is 2.35. The number of rotatable bonds is 3. The minimum absolute atomic E-state index is 0.0613. The lowest BCUT2D eigenvalue weighted by molar-refractivity contribution is -0.385. The van der Waals surface area contributed by atoms with E-state index in [2.05, 4.69) is 0 Å². The van der Waals surface area contributed by atoms with Crippen molar-refractivity contribution in [2.24, 2.45) is 0 Å². The second-order valence-corrected chi connectivity index (χ2v) is 5.44. The van der Waals surface area contributed by atoms with E-state index < -0.39 is 28.0 Å². The molecule has 0 radical (unpaired) electrons. The highest BCUT2D eigenvalue weighted by atomic mass is 35.5. The zero-order valence-corrected chi connectivity index (χ0v) is 12.0. The number of hydrogen-bond acceptors (Lipinski definition) is 4. The summed E-state index contributed by atoms with van der Waals surface area (Å²) in [7, 11) is 0. The molecule has 1 fully saturated rings. The third kappa shape index (κ3) is 2.44. The van der Waals surface area contributed by atoms with E-state index in [9.17, 15) is 24.8 Å². The molecule has 8 heteroatoms. The largest absolute Gasteiger partial charge is 0.480 e. The number of hydrogen-bond donors (Lipinski definition) is 1. The van der Waals surface area contributed by atoms with Crippen molar-refractivity contribution < 1.29 is 19.6 Å². The highest BCUT2D eigenvalue weighted by Gasteiger charge is 2.47. The van der Waals surface area contributed by atoms with Crippen LogP contribution in [0.3, 0.4) is 0 Å². The van der Waals surface area contributed by atoms with Crippen LogP contribution < -0.4 is 0 Å². The molecule has 0 saturated carbocycles. The lowest BCUT2D eigenvalue weighted by atomic mass is 9.98. The summed E-state index contributed by atoms with van der Waals surface area (Å²) in [5, 5.41) is 20.3. The van der Waals surface area contributed by atoms with Crippen molar-refractivity contribution in [3.05, 3.63) is 38.9 Å². The van der Waals surface area contributed by atoms with E-state index in [4.69, 9.17) is 11.6 Å². The van der Waals surface area contributed by atoms with Gasteiger partial charge in [-0.2, -0.15) is 0 Å². The predicted octanol–water partition coefficient (Wildman–Crippen LogP) is 2.33. The SMILES string of the molecule is CC1(C(=O)O)CCCN1C(=O)c1c(Cl)cccc1[N+](=O)[O-]. The number of likely N-dealkylation sites (tertiary alicyclic amines) is 1. The number of carbonyl (C=O) groups excluding carboxylic acids is 1. The smallest absolute Gasteiger partial charge is 0.329 e. The molecule has 1 saturated heterocycles. The van der Waals surface area contributed by atoms with E-state index in [1.54, 1.807) is 0 Å². The molecule has 0 aliphatic carbocycles. The van der Waals surface area contributed by atoms with Gasteiger partial charge in [0.05, 0.1) is 9.95 Å². The van der Waals surface area contributed by atoms with Crippen molar-refractivity contribution >= 4 is 29.2 Å². The molecule has 21 heavy (non-hydrogen) atoms. The van der Waals surface area contributed by atoms with E-state index in [-0.39, 0.29) is 17.1 Å². The number of amides is 1. The molecule has 1 atom stereocenters. The normalized spacial score (nSPS) is 21.3. The Labute approximate surface area is 125 Å². The van der Waals surface area contributed by atoms with Crippen LogP contribution in [-0.4, -0.2) is 38.9 Å². The van der Waals surface area contributed by atoms with Gasteiger partial charge in [-0.1, -0.05) is 17.7 Å². The second kappa shape index (κ2) is 5.33. The third-order valence-electron chi connectivity index (χ3n) is 3.75. The van der Waals surface area contributed by atoms with Crippen molar-refractivity contribution in [1.82, 2.24) is 4.90 Å². The van der Waals surface area contributed by atoms with Gasteiger partial charge in [-0.05, 0) is 25.8 Å². The van der Waals surface area contributed by atoms with Gasteiger partial charge in [0, 0.05) is 12.6 Å². The van der Waals surface area contributed by atoms with Crippen molar-refractivity contribution in [2.45, 2.75) is 25.3 Å². The van der Waals surface area contributed by atoms with E-state index in [1.165, 1.54) is 25.1 Å². The first-order valence-electron chi connectivity index (χ1n) is 6.27. The molecule has 1 unspecified atom stereocenters. The Kier molecular flexibility index (Phi) is 3.87. The van der Waals surface area contributed by atoms with Crippen LogP contribution in [0.4, 0.5) is 5.69 Å². The molecular weight excluding hydrogens is 300 g/mol. The third-order valence-corrected chi connectivity index (χ3v) is 4.06. The van der Waals surface area contributed by atoms with Gasteiger partial charge in [-0.25, -0.2) is 4.79 Å². The van der Waals surface area contributed by atoms with Gasteiger partial charge in [-0.15, -0.1) is 0 Å². The summed E-state index contributed by atoms with van der Waals surface area (Å²) < 4.78 is 0. The Morgan fingerprint density at radius 3 is 2.71 bits per heavy atom. The average Bonchev–Trinajstić information content (AvgIpc) is 2.81. The fourth-order valence-electron chi connectivity index (χ4n) is 2.52. The van der Waals surface area contributed by atoms with Crippen LogP contribution in [0.2, 0.25) is 5.02 Å². The number of carboxylic acid groups (broad SMARTS) is 1. The molecular formula is C13H13ClN2O5. The van der Waals surface area contributed by atoms with Crippen LogP contribution in [-0.2, 0) is 4.79 Å². The lowest BCUT2D eigenvalue weighted by Gasteiger charge is -2.31. The molecule has 1 amide bonds. The Morgan fingerprint density at radius 2 is 2.14 bits per heavy atom. The summed E-state index contributed by atoms with van der Waals surface area (Å²) >= 11 is 5.92. The quantitative estimate of drug-likeness (QED) is 0.682. The maximum absolute atomic E-state index is 12.6. The van der Waals surface area contributed by atoms with E-state index >= 15 is 0 Å². The number of nitro groups is 1. The molecule has 0 aromatic heterocycles. The Bertz CT molecular complexity index is 633. The number of aliphatic carboxylic acids is 1. The number of carbonyl (C=O) groups is 2. The fraction of sp³-hybridized carbons (Fsp3) is 0.385. The molecule has 0 spiro atoms. The van der Waals surface area contributed by atoms with Crippen LogP contribution in [0.1, 0.15) is 30.1 Å². The molecule has 1 aliphatic heterocycles. The minimum atomic E-state index is -1.37. The summed E-state index contributed by atoms with van der Waals surface area (Å²) in [6.07, 6.45) is 0.819. The van der Waals surface area contributed by atoms with E-state index in [1.807, 2.05) is 0 Å². The summed E-state index contributed by atoms with van der Waals surface area (Å²) in [6.45, 7) is 1.66. The van der Waals surface area contributed by atoms with Crippen molar-refractivity contribution in [1.29, 1.82) is 0 Å². The number of carboxylic acids is 1. The Hall–Kier alpha value is -2.15. The van der Waals surface area contributed by atoms with Gasteiger partial charge in [0.15, 0.2) is 0 Å². The van der Waals surface area contributed by atoms with Crippen LogP contribution in [0, 0.1) is 10.1 Å². The minimum Gasteiger partial charge on any atom is -0.480 e. The zero-order chi connectivity index (χ0) is 15.8. The second-order valence-electron chi connectivity index (χ2n) is 5.03. The van der Waals surface area contributed by atoms with Crippen LogP contribution in [0.5, 0.6) is 0 Å². The average molecular weight is 313 g/mol. The molecule has 0 bridgehead atoms. The maximum Gasteiger partial charge on any atom is 0.329 e. The number of benzene rings is 1. The molecule has 112 valence electrons. The number of halogens is 1. The Morgan fingerprint density at radius 1 is 1.48 bits per heavy atom. The lowest BCUT2D eigenvalue weighted by Crippen LogP contribution is -2.50. The Balaban J connectivity index is 2.51. The van der Waals surface area contributed by atoms with Gasteiger partial charge in [0.2, 0.25) is 0 Å². The van der Waals surface area contributed by atoms with Gasteiger partial charge in [0.25, 0.3) is 11.6 Å². The molecule has 1 aromatic carbocycles. The molecule has 2 rings (SSSR count). The molecule has 7 nitrogen and oxygen atoms in total. The topological polar surface area (TPSA) is 101 Å².